The van der Waals surface area contributed by atoms with Gasteiger partial charge < -0.3 is 0 Å². The molecule has 332 valence electrons. The van der Waals surface area contributed by atoms with E-state index < -0.39 is 18.9 Å². The van der Waals surface area contributed by atoms with Gasteiger partial charge in [0.2, 0.25) is 0 Å². The summed E-state index contributed by atoms with van der Waals surface area (Å²) in [5, 5.41) is 5.37. The molecule has 0 aromatic heterocycles. The maximum Gasteiger partial charge on any atom is -0.172 e. The Balaban J connectivity index is 0.000000242. The molecule has 64 heavy (non-hydrogen) atoms. The summed E-state index contributed by atoms with van der Waals surface area (Å²) in [4.78, 5) is 0. The SMILES string of the molecule is CC(C)(C)c1ccc(-c2cc3[cH-]c4cc(-c5ccc(C(C)(C)C)cc5)c(C(C)(C)C)cc4c3cc2C(C)(C)C)cc1.[Cl][Zr]([Cl])=[C](Cc1ccccc1)Cc1ccccc1.c1cc[cH-]c1. The number of halogens is 2. The second-order valence-electron chi connectivity index (χ2n) is 21.4. The van der Waals surface area contributed by atoms with Gasteiger partial charge in [-0.2, -0.15) is 18.2 Å². The largest absolute Gasteiger partial charge is 0.214 e. The Hall–Kier alpha value is -4.13. The number of fused-ring (bicyclic) bond motifs is 3. The summed E-state index contributed by atoms with van der Waals surface area (Å²) in [5.41, 5.74) is 13.8. The standard InChI is InChI=1S/C41H49.C15H14.C5H5.2ClH.Zr/c1-38(2,3)30-17-13-26(14-18-30)34-22-28-21-29-23-35(27-15-19-31(20-16-27)39(4,5)6)37(41(10,11)12)25-33(29)32(28)24-36(34)40(7,8)9;1-3-8-14(9-4-1)12-7-13-15-10-5-2-6-11-15;1-2-4-5-3-1;;;/h13-25H,1-12H3;1-6,8-11H,12-13H2;1-5H;2*1H;/q-1;;-1;;;+2/p-2. The second-order valence-corrected chi connectivity index (χ2v) is 30.1. The molecule has 0 nitrogen and oxygen atoms in total. The first-order valence-corrected chi connectivity index (χ1v) is 30.4. The first-order valence-electron chi connectivity index (χ1n) is 22.8. The van der Waals surface area contributed by atoms with Gasteiger partial charge in [-0.3, -0.25) is 0 Å². The van der Waals surface area contributed by atoms with Crippen LogP contribution in [0.2, 0.25) is 0 Å². The predicted molar refractivity (Wildman–Crippen MR) is 282 cm³/mol. The number of benzene rings is 6. The van der Waals surface area contributed by atoms with Gasteiger partial charge in [0.05, 0.1) is 0 Å². The molecule has 0 heterocycles. The van der Waals surface area contributed by atoms with Crippen LogP contribution < -0.4 is 0 Å². The average molecular weight is 963 g/mol. The molecule has 0 amide bonds. The topological polar surface area (TPSA) is 0 Å². The van der Waals surface area contributed by atoms with Crippen LogP contribution in [0.25, 0.3) is 43.8 Å². The average Bonchev–Trinajstić information content (AvgIpc) is 3.95. The van der Waals surface area contributed by atoms with Crippen molar-refractivity contribution in [2.75, 3.05) is 0 Å². The minimum Gasteiger partial charge on any atom is -0.214 e. The van der Waals surface area contributed by atoms with Gasteiger partial charge >= 0.3 is 124 Å². The smallest absolute Gasteiger partial charge is 0.172 e. The molecule has 0 saturated heterocycles. The molecular formula is C61H68Cl2Zr-2. The van der Waals surface area contributed by atoms with Gasteiger partial charge in [0, 0.05) is 0 Å². The third kappa shape index (κ3) is 12.8. The van der Waals surface area contributed by atoms with E-state index in [4.69, 9.17) is 17.0 Å². The molecule has 3 heteroatoms. The molecule has 0 unspecified atom stereocenters. The quantitative estimate of drug-likeness (QED) is 0.146. The zero-order chi connectivity index (χ0) is 46.5. The number of rotatable bonds is 6. The van der Waals surface area contributed by atoms with E-state index in [2.05, 4.69) is 210 Å². The molecule has 0 saturated carbocycles. The van der Waals surface area contributed by atoms with Crippen molar-refractivity contribution in [3.8, 4) is 22.3 Å². The molecule has 0 N–H and O–H groups in total. The Bertz CT molecular complexity index is 2560. The van der Waals surface area contributed by atoms with Gasteiger partial charge in [-0.25, -0.2) is 12.1 Å². The second kappa shape index (κ2) is 20.6. The number of hydrogen-bond acceptors (Lipinski definition) is 0. The van der Waals surface area contributed by atoms with E-state index in [9.17, 15) is 0 Å². The third-order valence-corrected chi connectivity index (χ3v) is 17.4. The van der Waals surface area contributed by atoms with Crippen molar-refractivity contribution in [2.45, 2.75) is 118 Å². The van der Waals surface area contributed by atoms with E-state index in [1.807, 2.05) is 42.5 Å². The summed E-state index contributed by atoms with van der Waals surface area (Å²) in [6, 6.07) is 61.5. The summed E-state index contributed by atoms with van der Waals surface area (Å²) < 4.78 is 1.33. The maximum atomic E-state index is 6.27. The van der Waals surface area contributed by atoms with Crippen LogP contribution in [0.5, 0.6) is 0 Å². The van der Waals surface area contributed by atoms with Crippen molar-refractivity contribution in [3.63, 3.8) is 0 Å². The molecular weight excluding hydrogens is 895 g/mol. The van der Waals surface area contributed by atoms with Crippen molar-refractivity contribution in [1.29, 1.82) is 0 Å². The van der Waals surface area contributed by atoms with Crippen LogP contribution in [0.1, 0.15) is 116 Å². The first-order chi connectivity index (χ1) is 30.1. The Morgan fingerprint density at radius 3 is 1.08 bits per heavy atom. The van der Waals surface area contributed by atoms with Gasteiger partial charge in [0.1, 0.15) is 0 Å². The number of hydrogen-bond donors (Lipinski definition) is 0. The van der Waals surface area contributed by atoms with Crippen molar-refractivity contribution < 1.29 is 18.9 Å². The third-order valence-electron chi connectivity index (χ3n) is 12.1. The van der Waals surface area contributed by atoms with E-state index in [-0.39, 0.29) is 21.7 Å². The van der Waals surface area contributed by atoms with Crippen LogP contribution in [0, 0.1) is 0 Å². The van der Waals surface area contributed by atoms with Crippen LogP contribution in [-0.2, 0) is 53.4 Å². The maximum absolute atomic E-state index is 6.27. The summed E-state index contributed by atoms with van der Waals surface area (Å²) >= 11 is -2.32. The Kier molecular flexibility index (Phi) is 15.9. The van der Waals surface area contributed by atoms with Gasteiger partial charge in [-0.05, 0) is 66.2 Å². The summed E-state index contributed by atoms with van der Waals surface area (Å²) in [6.07, 6.45) is 1.83. The molecule has 0 spiro atoms. The van der Waals surface area contributed by atoms with Crippen LogP contribution in [0.3, 0.4) is 0 Å². The minimum absolute atomic E-state index is 0.0252. The van der Waals surface area contributed by atoms with E-state index in [1.54, 1.807) is 0 Å². The molecule has 0 atom stereocenters. The van der Waals surface area contributed by atoms with E-state index >= 15 is 0 Å². The fraction of sp³-hybridized carbons (Fsp3) is 0.295. The van der Waals surface area contributed by atoms with Gasteiger partial charge in [-0.15, -0.1) is 39.7 Å². The van der Waals surface area contributed by atoms with Crippen molar-refractivity contribution in [3.05, 3.63) is 203 Å². The van der Waals surface area contributed by atoms with E-state index in [1.165, 1.54) is 80.4 Å². The summed E-state index contributed by atoms with van der Waals surface area (Å²) in [5.74, 6) is 0. The van der Waals surface area contributed by atoms with Crippen LogP contribution in [0.15, 0.2) is 170 Å². The first kappa shape index (κ1) is 49.3. The molecule has 8 aromatic carbocycles. The van der Waals surface area contributed by atoms with Gasteiger partial charge in [0.25, 0.3) is 0 Å². The minimum atomic E-state index is -2.32. The molecule has 0 fully saturated rings. The van der Waals surface area contributed by atoms with Crippen LogP contribution >= 0.6 is 17.0 Å². The van der Waals surface area contributed by atoms with Crippen LogP contribution in [-0.4, -0.2) is 3.21 Å². The molecule has 0 aliphatic rings. The molecule has 0 bridgehead atoms. The zero-order valence-corrected chi connectivity index (χ0v) is 44.3. The zero-order valence-electron chi connectivity index (χ0n) is 40.3. The summed E-state index contributed by atoms with van der Waals surface area (Å²) in [7, 11) is 12.5. The molecule has 0 aliphatic carbocycles. The van der Waals surface area contributed by atoms with Crippen molar-refractivity contribution >= 4 is 41.8 Å². The van der Waals surface area contributed by atoms with E-state index in [0.717, 1.165) is 12.8 Å². The van der Waals surface area contributed by atoms with Crippen molar-refractivity contribution in [1.82, 2.24) is 0 Å². The molecule has 0 aliphatic heterocycles. The van der Waals surface area contributed by atoms with Crippen LogP contribution in [0.4, 0.5) is 0 Å². The Morgan fingerprint density at radius 2 is 0.797 bits per heavy atom. The van der Waals surface area contributed by atoms with Crippen molar-refractivity contribution in [2.24, 2.45) is 0 Å². The predicted octanol–water partition coefficient (Wildman–Crippen LogP) is 18.2. The molecule has 8 rings (SSSR count). The van der Waals surface area contributed by atoms with Gasteiger partial charge in [-0.1, -0.05) is 144 Å². The monoisotopic (exact) mass is 960 g/mol. The van der Waals surface area contributed by atoms with E-state index in [0.29, 0.717) is 0 Å². The fourth-order valence-electron chi connectivity index (χ4n) is 8.33. The Labute approximate surface area is 400 Å². The normalized spacial score (nSPS) is 12.0. The Morgan fingerprint density at radius 1 is 0.438 bits per heavy atom. The van der Waals surface area contributed by atoms with Gasteiger partial charge in [0.15, 0.2) is 0 Å². The molecule has 8 aromatic rings. The summed E-state index contributed by atoms with van der Waals surface area (Å²) in [6.45, 7) is 27.7. The fourth-order valence-corrected chi connectivity index (χ4v) is 11.6. The molecule has 0 radical (unpaired) electrons.